The normalized spacial score (nSPS) is 14.7. The molecule has 0 saturated heterocycles. The fraction of sp³-hybridized carbons (Fsp3) is 0.241. The Morgan fingerprint density at radius 1 is 1.00 bits per heavy atom. The summed E-state index contributed by atoms with van der Waals surface area (Å²) in [6.45, 7) is 1.68. The smallest absolute Gasteiger partial charge is 0.416 e. The molecule has 4 aromatic heterocycles. The van der Waals surface area contributed by atoms with Crippen LogP contribution in [0.4, 0.5) is 30.8 Å². The van der Waals surface area contributed by atoms with Crippen LogP contribution < -0.4 is 16.1 Å². The lowest BCUT2D eigenvalue weighted by atomic mass is 9.80. The van der Waals surface area contributed by atoms with Gasteiger partial charge in [0.05, 0.1) is 35.1 Å². The summed E-state index contributed by atoms with van der Waals surface area (Å²) in [7, 11) is -1.22. The molecule has 45 heavy (non-hydrogen) atoms. The van der Waals surface area contributed by atoms with E-state index in [0.29, 0.717) is 28.1 Å². The highest BCUT2D eigenvalue weighted by Gasteiger charge is 2.45. The molecule has 5 heterocycles. The molecule has 0 aliphatic carbocycles. The van der Waals surface area contributed by atoms with Gasteiger partial charge in [0.1, 0.15) is 18.2 Å². The Balaban J connectivity index is 1.31. The number of aliphatic hydroxyl groups excluding tert-OH is 1. The number of pyridine rings is 2. The van der Waals surface area contributed by atoms with Crippen molar-refractivity contribution in [1.82, 2.24) is 30.1 Å². The zero-order valence-electron chi connectivity index (χ0n) is 24.0. The summed E-state index contributed by atoms with van der Waals surface area (Å²) >= 11 is 0. The average Bonchev–Trinajstić information content (AvgIpc) is 3.62. The number of nitrogens with zero attached hydrogens (tertiary/aromatic N) is 6. The van der Waals surface area contributed by atoms with Crippen LogP contribution in [0, 0.1) is 0 Å². The lowest BCUT2D eigenvalue weighted by molar-refractivity contribution is -0.157. The van der Waals surface area contributed by atoms with E-state index >= 15 is 0 Å². The number of fused-ring (bicyclic) bond motifs is 1. The van der Waals surface area contributed by atoms with Crippen LogP contribution in [0.2, 0.25) is 0 Å². The summed E-state index contributed by atoms with van der Waals surface area (Å²) in [4.78, 5) is 17.7. The lowest BCUT2D eigenvalue weighted by Crippen LogP contribution is -2.36. The van der Waals surface area contributed by atoms with Gasteiger partial charge in [-0.05, 0) is 37.6 Å². The lowest BCUT2D eigenvalue weighted by Gasteiger charge is -2.20. The van der Waals surface area contributed by atoms with Gasteiger partial charge in [0.15, 0.2) is 0 Å². The van der Waals surface area contributed by atoms with E-state index in [1.807, 2.05) is 30.3 Å². The van der Waals surface area contributed by atoms with Crippen molar-refractivity contribution in [1.29, 1.82) is 0 Å². The maximum atomic E-state index is 12.8. The number of alkyl halides is 3. The third kappa shape index (κ3) is 6.77. The van der Waals surface area contributed by atoms with Gasteiger partial charge in [-0.1, -0.05) is 36.4 Å². The molecule has 0 bridgehead atoms. The molecule has 16 heteroatoms. The maximum absolute atomic E-state index is 12.8. The van der Waals surface area contributed by atoms with Gasteiger partial charge in [-0.2, -0.15) is 18.2 Å². The maximum Gasteiger partial charge on any atom is 0.496 e. The Labute approximate surface area is 255 Å². The molecule has 5 aromatic rings. The second kappa shape index (κ2) is 12.2. The van der Waals surface area contributed by atoms with Crippen molar-refractivity contribution >= 4 is 30.2 Å². The van der Waals surface area contributed by atoms with Gasteiger partial charge >= 0.3 is 13.3 Å². The summed E-state index contributed by atoms with van der Waals surface area (Å²) in [5.74, 6) is 1.11. The molecule has 0 spiro atoms. The summed E-state index contributed by atoms with van der Waals surface area (Å²) in [6, 6.07) is 15.5. The molecule has 1 atom stereocenters. The molecule has 230 valence electrons. The molecule has 1 aliphatic heterocycles. The predicted octanol–water partition coefficient (Wildman–Crippen LogP) is 4.41. The number of rotatable bonds is 10. The van der Waals surface area contributed by atoms with Gasteiger partial charge in [0.25, 0.3) is 5.89 Å². The van der Waals surface area contributed by atoms with Crippen LogP contribution in [0.5, 0.6) is 0 Å². The van der Waals surface area contributed by atoms with Crippen molar-refractivity contribution in [2.24, 2.45) is 0 Å². The summed E-state index contributed by atoms with van der Waals surface area (Å²) in [5, 5.41) is 24.8. The van der Waals surface area contributed by atoms with Gasteiger partial charge in [-0.25, -0.2) is 9.97 Å². The molecule has 6 rings (SSSR count). The van der Waals surface area contributed by atoms with Gasteiger partial charge in [0.2, 0.25) is 11.8 Å². The van der Waals surface area contributed by atoms with Crippen LogP contribution in [0.25, 0.3) is 22.9 Å². The summed E-state index contributed by atoms with van der Waals surface area (Å²) in [5.41, 5.74) is 1.59. The summed E-state index contributed by atoms with van der Waals surface area (Å²) < 4.78 is 55.0. The third-order valence-corrected chi connectivity index (χ3v) is 6.84. The van der Waals surface area contributed by atoms with Crippen LogP contribution in [-0.4, -0.2) is 61.7 Å². The van der Waals surface area contributed by atoms with Crippen molar-refractivity contribution in [3.63, 3.8) is 0 Å². The number of nitrogens with one attached hydrogen (secondary N) is 2. The topological polar surface area (TPSA) is 153 Å². The SMILES string of the molecule is CC1(C)OB(OCC(F)(F)F)c2ccc(Nc3ncc(-c4nnc(-c5cccnc5)o4)c(N[C@H](CO)c4ccccc4)n3)nc21. The standard InChI is InChI=1S/C29H26BF3N8O4/c1-28(2)23-20(30(45-28)43-16-29(31,32)33)10-11-22(37-23)38-27-35-14-19(26-41-40-25(44-26)18-9-6-12-34-13-18)24(39-27)36-21(15-42)17-7-4-3-5-8-17/h3-14,21,42H,15-16H2,1-2H3,(H2,35,36,37,38,39)/t21-/m1/s1. The molecule has 12 nitrogen and oxygen atoms in total. The molecule has 0 fully saturated rings. The second-order valence-corrected chi connectivity index (χ2v) is 10.5. The van der Waals surface area contributed by atoms with Crippen LogP contribution in [0.3, 0.4) is 0 Å². The number of hydrogen-bond acceptors (Lipinski definition) is 12. The number of benzene rings is 1. The predicted molar refractivity (Wildman–Crippen MR) is 157 cm³/mol. The van der Waals surface area contributed by atoms with Crippen molar-refractivity contribution in [3.05, 3.63) is 84.4 Å². The molecule has 0 unspecified atom stereocenters. The first kappa shape index (κ1) is 30.1. The Morgan fingerprint density at radius 2 is 1.80 bits per heavy atom. The molecular formula is C29H26BF3N8O4. The van der Waals surface area contributed by atoms with Crippen LogP contribution in [-0.2, 0) is 14.9 Å². The second-order valence-electron chi connectivity index (χ2n) is 10.5. The van der Waals surface area contributed by atoms with E-state index in [4.69, 9.17) is 13.7 Å². The fourth-order valence-corrected chi connectivity index (χ4v) is 4.74. The van der Waals surface area contributed by atoms with Crippen LogP contribution in [0.15, 0.2) is 77.6 Å². The van der Waals surface area contributed by atoms with E-state index in [0.717, 1.165) is 5.56 Å². The van der Waals surface area contributed by atoms with E-state index in [-0.39, 0.29) is 30.2 Å². The molecule has 0 radical (unpaired) electrons. The highest BCUT2D eigenvalue weighted by atomic mass is 19.4. The zero-order chi connectivity index (χ0) is 31.6. The number of aromatic nitrogens is 6. The largest absolute Gasteiger partial charge is 0.496 e. The van der Waals surface area contributed by atoms with Crippen molar-refractivity contribution in [2.45, 2.75) is 31.7 Å². The Hall–Kier alpha value is -4.93. The Kier molecular flexibility index (Phi) is 8.18. The third-order valence-electron chi connectivity index (χ3n) is 6.84. The molecule has 0 amide bonds. The molecule has 0 saturated carbocycles. The van der Waals surface area contributed by atoms with Gasteiger partial charge < -0.3 is 29.5 Å². The van der Waals surface area contributed by atoms with E-state index in [9.17, 15) is 18.3 Å². The highest BCUT2D eigenvalue weighted by molar-refractivity contribution is 6.63. The summed E-state index contributed by atoms with van der Waals surface area (Å²) in [6.07, 6.45) is 0.208. The fourth-order valence-electron chi connectivity index (χ4n) is 4.74. The quantitative estimate of drug-likeness (QED) is 0.190. The number of aliphatic hydroxyl groups is 1. The molecule has 1 aromatic carbocycles. The Morgan fingerprint density at radius 3 is 2.53 bits per heavy atom. The molecule has 1 aliphatic rings. The number of anilines is 3. The van der Waals surface area contributed by atoms with E-state index in [1.165, 1.54) is 6.20 Å². The van der Waals surface area contributed by atoms with E-state index in [2.05, 4.69) is 40.8 Å². The average molecular weight is 618 g/mol. The van der Waals surface area contributed by atoms with Crippen LogP contribution >= 0.6 is 0 Å². The highest BCUT2D eigenvalue weighted by Crippen LogP contribution is 2.33. The van der Waals surface area contributed by atoms with Gasteiger partial charge in [-0.15, -0.1) is 10.2 Å². The molecule has 3 N–H and O–H groups in total. The van der Waals surface area contributed by atoms with Gasteiger partial charge in [0, 0.05) is 24.1 Å². The minimum absolute atomic E-state index is 0.132. The first-order chi connectivity index (χ1) is 21.6. The first-order valence-electron chi connectivity index (χ1n) is 13.8. The van der Waals surface area contributed by atoms with Crippen LogP contribution in [0.1, 0.15) is 31.1 Å². The molecular weight excluding hydrogens is 592 g/mol. The van der Waals surface area contributed by atoms with Gasteiger partial charge in [-0.3, -0.25) is 4.98 Å². The Bertz CT molecular complexity index is 1780. The minimum Gasteiger partial charge on any atom is -0.416 e. The van der Waals surface area contributed by atoms with E-state index in [1.54, 1.807) is 50.5 Å². The number of halogens is 3. The number of hydrogen-bond donors (Lipinski definition) is 3. The van der Waals surface area contributed by atoms with Crippen molar-refractivity contribution in [3.8, 4) is 22.9 Å². The monoisotopic (exact) mass is 618 g/mol. The zero-order valence-corrected chi connectivity index (χ0v) is 24.0. The van der Waals surface area contributed by atoms with Crippen molar-refractivity contribution < 1.29 is 32.0 Å². The van der Waals surface area contributed by atoms with Crippen molar-refractivity contribution in [2.75, 3.05) is 23.8 Å². The minimum atomic E-state index is -4.50. The first-order valence-corrected chi connectivity index (χ1v) is 13.8. The van der Waals surface area contributed by atoms with E-state index < -0.39 is 31.5 Å².